The van der Waals surface area contributed by atoms with Crippen molar-refractivity contribution in [2.24, 2.45) is 5.73 Å². The van der Waals surface area contributed by atoms with Gasteiger partial charge in [0.15, 0.2) is 0 Å². The lowest BCUT2D eigenvalue weighted by Gasteiger charge is -2.33. The first-order chi connectivity index (χ1) is 9.61. The van der Waals surface area contributed by atoms with E-state index in [1.807, 2.05) is 19.1 Å². The van der Waals surface area contributed by atoms with Gasteiger partial charge in [0.1, 0.15) is 11.6 Å². The number of nitrogens with two attached hydrogens (primary N) is 1. The van der Waals surface area contributed by atoms with Crippen LogP contribution >= 0.6 is 0 Å². The van der Waals surface area contributed by atoms with Crippen LogP contribution in [0.4, 0.5) is 4.39 Å². The maximum atomic E-state index is 13.1. The van der Waals surface area contributed by atoms with E-state index >= 15 is 0 Å². The standard InChI is InChI=1S/C16H21FN2O/c1-3-19(11-15-5-4-10-20-15)16(12(2)18)13-6-8-14(17)9-7-13/h4-10,12,16H,3,11,18H2,1-2H3. The van der Waals surface area contributed by atoms with Crippen LogP contribution in [0.15, 0.2) is 47.1 Å². The summed E-state index contributed by atoms with van der Waals surface area (Å²) in [5.74, 6) is 0.672. The smallest absolute Gasteiger partial charge is 0.123 e. The van der Waals surface area contributed by atoms with Crippen LogP contribution < -0.4 is 5.73 Å². The second-order valence-corrected chi connectivity index (χ2v) is 5.00. The number of hydrogen-bond donors (Lipinski definition) is 1. The molecule has 0 spiro atoms. The number of likely N-dealkylation sites (N-methyl/N-ethyl adjacent to an activating group) is 1. The van der Waals surface area contributed by atoms with Gasteiger partial charge in [0.05, 0.1) is 18.8 Å². The molecular weight excluding hydrogens is 255 g/mol. The van der Waals surface area contributed by atoms with Gasteiger partial charge in [0, 0.05) is 6.04 Å². The summed E-state index contributed by atoms with van der Waals surface area (Å²) in [7, 11) is 0. The molecule has 3 nitrogen and oxygen atoms in total. The zero-order chi connectivity index (χ0) is 14.5. The van der Waals surface area contributed by atoms with E-state index in [0.717, 1.165) is 17.9 Å². The molecule has 1 aromatic heterocycles. The predicted octanol–water partition coefficient (Wildman–Crippen LogP) is 3.33. The largest absolute Gasteiger partial charge is 0.468 e. The Morgan fingerprint density at radius 3 is 2.45 bits per heavy atom. The molecule has 2 aromatic rings. The number of furan rings is 1. The highest BCUT2D eigenvalue weighted by Gasteiger charge is 2.23. The second kappa shape index (κ2) is 6.68. The molecule has 0 aliphatic rings. The highest BCUT2D eigenvalue weighted by Crippen LogP contribution is 2.25. The number of rotatable bonds is 6. The Morgan fingerprint density at radius 1 is 1.25 bits per heavy atom. The van der Waals surface area contributed by atoms with E-state index in [1.54, 1.807) is 18.4 Å². The third-order valence-corrected chi connectivity index (χ3v) is 3.45. The van der Waals surface area contributed by atoms with Gasteiger partial charge in [0.2, 0.25) is 0 Å². The van der Waals surface area contributed by atoms with Gasteiger partial charge in [0.25, 0.3) is 0 Å². The van der Waals surface area contributed by atoms with Gasteiger partial charge in [-0.15, -0.1) is 0 Å². The van der Waals surface area contributed by atoms with Crippen molar-refractivity contribution in [3.05, 3.63) is 59.8 Å². The summed E-state index contributed by atoms with van der Waals surface area (Å²) in [6.45, 7) is 5.58. The monoisotopic (exact) mass is 276 g/mol. The molecule has 0 radical (unpaired) electrons. The summed E-state index contributed by atoms with van der Waals surface area (Å²) in [6.07, 6.45) is 1.67. The van der Waals surface area contributed by atoms with E-state index < -0.39 is 0 Å². The van der Waals surface area contributed by atoms with Crippen molar-refractivity contribution >= 4 is 0 Å². The number of hydrogen-bond acceptors (Lipinski definition) is 3. The molecule has 4 heteroatoms. The molecule has 2 N–H and O–H groups in total. The van der Waals surface area contributed by atoms with Gasteiger partial charge >= 0.3 is 0 Å². The molecule has 20 heavy (non-hydrogen) atoms. The normalized spacial score (nSPS) is 14.4. The summed E-state index contributed by atoms with van der Waals surface area (Å²) in [5, 5.41) is 0. The summed E-state index contributed by atoms with van der Waals surface area (Å²) in [5.41, 5.74) is 7.17. The third-order valence-electron chi connectivity index (χ3n) is 3.45. The van der Waals surface area contributed by atoms with Crippen molar-refractivity contribution in [3.8, 4) is 0 Å². The van der Waals surface area contributed by atoms with Crippen LogP contribution in [-0.2, 0) is 6.54 Å². The quantitative estimate of drug-likeness (QED) is 0.880. The maximum Gasteiger partial charge on any atom is 0.123 e. The second-order valence-electron chi connectivity index (χ2n) is 5.00. The lowest BCUT2D eigenvalue weighted by Crippen LogP contribution is -2.39. The lowest BCUT2D eigenvalue weighted by atomic mass is 9.99. The van der Waals surface area contributed by atoms with Gasteiger partial charge in [-0.25, -0.2) is 4.39 Å². The molecule has 1 heterocycles. The number of benzene rings is 1. The van der Waals surface area contributed by atoms with Crippen molar-refractivity contribution in [3.63, 3.8) is 0 Å². The van der Waals surface area contributed by atoms with Gasteiger partial charge < -0.3 is 10.2 Å². The average molecular weight is 276 g/mol. The molecule has 2 unspecified atom stereocenters. The zero-order valence-corrected chi connectivity index (χ0v) is 11.9. The summed E-state index contributed by atoms with van der Waals surface area (Å²) in [6, 6.07) is 10.4. The molecule has 1 aromatic carbocycles. The fourth-order valence-corrected chi connectivity index (χ4v) is 2.52. The van der Waals surface area contributed by atoms with Crippen LogP contribution in [0.5, 0.6) is 0 Å². The van der Waals surface area contributed by atoms with E-state index in [-0.39, 0.29) is 17.9 Å². The van der Waals surface area contributed by atoms with E-state index in [1.165, 1.54) is 12.1 Å². The Bertz CT molecular complexity index is 508. The molecule has 0 bridgehead atoms. The van der Waals surface area contributed by atoms with Gasteiger partial charge in [-0.2, -0.15) is 0 Å². The number of halogens is 1. The lowest BCUT2D eigenvalue weighted by molar-refractivity contribution is 0.164. The molecular formula is C16H21FN2O. The van der Waals surface area contributed by atoms with Crippen molar-refractivity contribution < 1.29 is 8.81 Å². The maximum absolute atomic E-state index is 13.1. The SMILES string of the molecule is CCN(Cc1ccco1)C(c1ccc(F)cc1)C(C)N. The van der Waals surface area contributed by atoms with Gasteiger partial charge in [-0.1, -0.05) is 19.1 Å². The molecule has 0 aliphatic heterocycles. The zero-order valence-electron chi connectivity index (χ0n) is 11.9. The molecule has 0 saturated heterocycles. The molecule has 2 rings (SSSR count). The highest BCUT2D eigenvalue weighted by atomic mass is 19.1. The van der Waals surface area contributed by atoms with E-state index in [0.29, 0.717) is 6.54 Å². The Balaban J connectivity index is 2.23. The highest BCUT2D eigenvalue weighted by molar-refractivity contribution is 5.21. The molecule has 108 valence electrons. The minimum absolute atomic E-state index is 0.0331. The molecule has 0 amide bonds. The third kappa shape index (κ3) is 3.46. The van der Waals surface area contributed by atoms with Crippen molar-refractivity contribution in [1.29, 1.82) is 0 Å². The van der Waals surface area contributed by atoms with Crippen LogP contribution in [0.2, 0.25) is 0 Å². The van der Waals surface area contributed by atoms with Crippen LogP contribution in [0.3, 0.4) is 0 Å². The van der Waals surface area contributed by atoms with Crippen LogP contribution in [0.1, 0.15) is 31.2 Å². The predicted molar refractivity (Wildman–Crippen MR) is 77.6 cm³/mol. The first-order valence-corrected chi connectivity index (χ1v) is 6.89. The molecule has 0 saturated carbocycles. The fourth-order valence-electron chi connectivity index (χ4n) is 2.52. The van der Waals surface area contributed by atoms with Crippen molar-refractivity contribution in [1.82, 2.24) is 4.90 Å². The van der Waals surface area contributed by atoms with Gasteiger partial charge in [-0.3, -0.25) is 4.90 Å². The molecule has 2 atom stereocenters. The average Bonchev–Trinajstić information content (AvgIpc) is 2.92. The summed E-state index contributed by atoms with van der Waals surface area (Å²) < 4.78 is 18.5. The van der Waals surface area contributed by atoms with E-state index in [9.17, 15) is 4.39 Å². The minimum atomic E-state index is -0.230. The molecule has 0 fully saturated rings. The molecule has 0 aliphatic carbocycles. The van der Waals surface area contributed by atoms with Crippen LogP contribution in [0.25, 0.3) is 0 Å². The summed E-state index contributed by atoms with van der Waals surface area (Å²) in [4.78, 5) is 2.23. The van der Waals surface area contributed by atoms with Crippen molar-refractivity contribution in [2.75, 3.05) is 6.54 Å². The van der Waals surface area contributed by atoms with Crippen molar-refractivity contribution in [2.45, 2.75) is 32.5 Å². The van der Waals surface area contributed by atoms with Gasteiger partial charge in [-0.05, 0) is 43.3 Å². The fraction of sp³-hybridized carbons (Fsp3) is 0.375. The van der Waals surface area contributed by atoms with E-state index in [4.69, 9.17) is 10.2 Å². The minimum Gasteiger partial charge on any atom is -0.468 e. The topological polar surface area (TPSA) is 42.4 Å². The van der Waals surface area contributed by atoms with Crippen LogP contribution in [0, 0.1) is 5.82 Å². The number of nitrogens with zero attached hydrogens (tertiary/aromatic N) is 1. The first kappa shape index (κ1) is 14.8. The first-order valence-electron chi connectivity index (χ1n) is 6.89. The van der Waals surface area contributed by atoms with Crippen LogP contribution in [-0.4, -0.2) is 17.5 Å². The summed E-state index contributed by atoms with van der Waals surface area (Å²) >= 11 is 0. The Kier molecular flexibility index (Phi) is 4.93. The Morgan fingerprint density at radius 2 is 1.95 bits per heavy atom. The Labute approximate surface area is 119 Å². The van der Waals surface area contributed by atoms with E-state index in [2.05, 4.69) is 11.8 Å². The Hall–Kier alpha value is -1.65.